The Morgan fingerprint density at radius 1 is 1.53 bits per heavy atom. The monoisotopic (exact) mass is 203 g/mol. The van der Waals surface area contributed by atoms with Crippen LogP contribution in [-0.4, -0.2) is 15.4 Å². The van der Waals surface area contributed by atoms with Crippen molar-refractivity contribution in [2.75, 3.05) is 0 Å². The summed E-state index contributed by atoms with van der Waals surface area (Å²) in [6.45, 7) is 4.15. The van der Waals surface area contributed by atoms with Gasteiger partial charge in [-0.1, -0.05) is 13.0 Å². The van der Waals surface area contributed by atoms with Crippen LogP contribution in [0.3, 0.4) is 0 Å². The first-order valence-corrected chi connectivity index (χ1v) is 5.41. The quantitative estimate of drug-likeness (QED) is 0.826. The molecule has 80 valence electrons. The maximum atomic E-state index is 5.83. The van der Waals surface area contributed by atoms with Crippen LogP contribution in [0.5, 0.6) is 0 Å². The Labute approximate surface area is 89.9 Å². The van der Waals surface area contributed by atoms with E-state index in [1.54, 1.807) is 0 Å². The Kier molecular flexibility index (Phi) is 2.73. The summed E-state index contributed by atoms with van der Waals surface area (Å²) in [4.78, 5) is 4.40. The van der Waals surface area contributed by atoms with Gasteiger partial charge in [-0.05, 0) is 25.0 Å². The third-order valence-electron chi connectivity index (χ3n) is 2.59. The summed E-state index contributed by atoms with van der Waals surface area (Å²) in [5.74, 6) is 1.11. The standard InChI is InChI=1S/C12H17N3/c1-3-12-14-8-11-10(7-9(2)13)5-4-6-15(11)12/h4-6,8-9H,3,7,13H2,1-2H3. The van der Waals surface area contributed by atoms with Gasteiger partial charge in [-0.25, -0.2) is 4.98 Å². The van der Waals surface area contributed by atoms with Crippen LogP contribution in [0, 0.1) is 0 Å². The van der Waals surface area contributed by atoms with Gasteiger partial charge in [0.1, 0.15) is 5.82 Å². The topological polar surface area (TPSA) is 43.3 Å². The molecule has 0 saturated heterocycles. The first kappa shape index (κ1) is 10.2. The summed E-state index contributed by atoms with van der Waals surface area (Å²) >= 11 is 0. The summed E-state index contributed by atoms with van der Waals surface area (Å²) in [5, 5.41) is 0. The van der Waals surface area contributed by atoms with Crippen LogP contribution in [-0.2, 0) is 12.8 Å². The van der Waals surface area contributed by atoms with Crippen LogP contribution in [0.2, 0.25) is 0 Å². The van der Waals surface area contributed by atoms with Gasteiger partial charge < -0.3 is 10.1 Å². The van der Waals surface area contributed by atoms with E-state index in [1.807, 2.05) is 13.1 Å². The molecule has 0 bridgehead atoms. The highest BCUT2D eigenvalue weighted by Crippen LogP contribution is 2.14. The molecule has 2 rings (SSSR count). The van der Waals surface area contributed by atoms with Crippen LogP contribution in [0.1, 0.15) is 25.2 Å². The highest BCUT2D eigenvalue weighted by atomic mass is 15.0. The van der Waals surface area contributed by atoms with Gasteiger partial charge in [0.25, 0.3) is 0 Å². The number of aromatic nitrogens is 2. The van der Waals surface area contributed by atoms with Crippen molar-refractivity contribution < 1.29 is 0 Å². The molecule has 0 aliphatic carbocycles. The zero-order valence-electron chi connectivity index (χ0n) is 9.27. The average molecular weight is 203 g/mol. The van der Waals surface area contributed by atoms with Gasteiger partial charge in [-0.3, -0.25) is 0 Å². The highest BCUT2D eigenvalue weighted by Gasteiger charge is 2.06. The number of nitrogens with two attached hydrogens (primary N) is 1. The Balaban J connectivity index is 2.52. The van der Waals surface area contributed by atoms with Crippen LogP contribution >= 0.6 is 0 Å². The van der Waals surface area contributed by atoms with Crippen molar-refractivity contribution in [3.8, 4) is 0 Å². The van der Waals surface area contributed by atoms with Gasteiger partial charge in [0.2, 0.25) is 0 Å². The van der Waals surface area contributed by atoms with Crippen molar-refractivity contribution in [1.29, 1.82) is 0 Å². The first-order valence-electron chi connectivity index (χ1n) is 5.41. The second kappa shape index (κ2) is 4.03. The number of pyridine rings is 1. The molecule has 2 heterocycles. The minimum Gasteiger partial charge on any atom is -0.328 e. The number of hydrogen-bond acceptors (Lipinski definition) is 2. The van der Waals surface area contributed by atoms with E-state index in [9.17, 15) is 0 Å². The molecule has 3 heteroatoms. The predicted octanol–water partition coefficient (Wildman–Crippen LogP) is 1.79. The molecule has 0 aliphatic heterocycles. The SMILES string of the molecule is CCc1ncc2c(CC(C)N)cccn12. The second-order valence-electron chi connectivity index (χ2n) is 4.00. The molecular formula is C12H17N3. The van der Waals surface area contributed by atoms with E-state index < -0.39 is 0 Å². The number of hydrogen-bond donors (Lipinski definition) is 1. The summed E-state index contributed by atoms with van der Waals surface area (Å²) in [6.07, 6.45) is 5.86. The van der Waals surface area contributed by atoms with Gasteiger partial charge in [0.05, 0.1) is 11.7 Å². The fraction of sp³-hybridized carbons (Fsp3) is 0.417. The van der Waals surface area contributed by atoms with Crippen LogP contribution < -0.4 is 5.73 Å². The Morgan fingerprint density at radius 3 is 3.00 bits per heavy atom. The molecule has 3 nitrogen and oxygen atoms in total. The number of rotatable bonds is 3. The third-order valence-corrected chi connectivity index (χ3v) is 2.59. The van der Waals surface area contributed by atoms with Crippen molar-refractivity contribution in [2.24, 2.45) is 5.73 Å². The van der Waals surface area contributed by atoms with E-state index in [4.69, 9.17) is 5.73 Å². The Hall–Kier alpha value is -1.35. The fourth-order valence-corrected chi connectivity index (χ4v) is 1.91. The number of aryl methyl sites for hydroxylation is 1. The summed E-state index contributed by atoms with van der Waals surface area (Å²) in [5.41, 5.74) is 8.29. The molecule has 2 aromatic rings. The van der Waals surface area contributed by atoms with Crippen LogP contribution in [0.4, 0.5) is 0 Å². The summed E-state index contributed by atoms with van der Waals surface area (Å²) in [6, 6.07) is 4.38. The van der Waals surface area contributed by atoms with E-state index in [-0.39, 0.29) is 6.04 Å². The molecule has 0 spiro atoms. The van der Waals surface area contributed by atoms with Crippen molar-refractivity contribution in [3.63, 3.8) is 0 Å². The third kappa shape index (κ3) is 1.88. The van der Waals surface area contributed by atoms with Crippen LogP contribution in [0.15, 0.2) is 24.5 Å². The van der Waals surface area contributed by atoms with Gasteiger partial charge in [-0.15, -0.1) is 0 Å². The maximum absolute atomic E-state index is 5.83. The molecule has 0 fully saturated rings. The number of fused-ring (bicyclic) bond motifs is 1. The lowest BCUT2D eigenvalue weighted by molar-refractivity contribution is 0.738. The lowest BCUT2D eigenvalue weighted by Crippen LogP contribution is -2.18. The van der Waals surface area contributed by atoms with Crippen molar-refractivity contribution in [1.82, 2.24) is 9.38 Å². The zero-order chi connectivity index (χ0) is 10.8. The summed E-state index contributed by atoms with van der Waals surface area (Å²) < 4.78 is 2.15. The normalized spacial score (nSPS) is 13.3. The van der Waals surface area contributed by atoms with E-state index in [1.165, 1.54) is 11.1 Å². The maximum Gasteiger partial charge on any atom is 0.112 e. The Morgan fingerprint density at radius 2 is 2.33 bits per heavy atom. The number of imidazole rings is 1. The van der Waals surface area contributed by atoms with Gasteiger partial charge in [0, 0.05) is 18.7 Å². The molecule has 1 unspecified atom stereocenters. The van der Waals surface area contributed by atoms with Gasteiger partial charge >= 0.3 is 0 Å². The molecule has 0 aliphatic rings. The van der Waals surface area contributed by atoms with E-state index in [0.717, 1.165) is 18.7 Å². The highest BCUT2D eigenvalue weighted by molar-refractivity contribution is 5.54. The molecular weight excluding hydrogens is 186 g/mol. The minimum absolute atomic E-state index is 0.191. The molecule has 15 heavy (non-hydrogen) atoms. The molecule has 0 saturated carbocycles. The van der Waals surface area contributed by atoms with Crippen molar-refractivity contribution in [3.05, 3.63) is 35.9 Å². The number of nitrogens with zero attached hydrogens (tertiary/aromatic N) is 2. The molecule has 0 radical (unpaired) electrons. The van der Waals surface area contributed by atoms with Crippen molar-refractivity contribution >= 4 is 5.52 Å². The van der Waals surface area contributed by atoms with Gasteiger partial charge in [0.15, 0.2) is 0 Å². The largest absolute Gasteiger partial charge is 0.328 e. The van der Waals surface area contributed by atoms with E-state index in [0.29, 0.717) is 0 Å². The van der Waals surface area contributed by atoms with Gasteiger partial charge in [-0.2, -0.15) is 0 Å². The predicted molar refractivity (Wildman–Crippen MR) is 61.9 cm³/mol. The lowest BCUT2D eigenvalue weighted by atomic mass is 10.1. The molecule has 0 aromatic carbocycles. The van der Waals surface area contributed by atoms with E-state index in [2.05, 4.69) is 34.6 Å². The molecule has 2 aromatic heterocycles. The second-order valence-corrected chi connectivity index (χ2v) is 4.00. The molecule has 2 N–H and O–H groups in total. The van der Waals surface area contributed by atoms with Crippen LogP contribution in [0.25, 0.3) is 5.52 Å². The van der Waals surface area contributed by atoms with Crippen molar-refractivity contribution in [2.45, 2.75) is 32.7 Å². The molecule has 0 amide bonds. The fourth-order valence-electron chi connectivity index (χ4n) is 1.91. The minimum atomic E-state index is 0.191. The first-order chi connectivity index (χ1) is 7.22. The lowest BCUT2D eigenvalue weighted by Gasteiger charge is -2.07. The smallest absolute Gasteiger partial charge is 0.112 e. The molecule has 1 atom stereocenters. The zero-order valence-corrected chi connectivity index (χ0v) is 9.27. The summed E-state index contributed by atoms with van der Waals surface area (Å²) in [7, 11) is 0. The average Bonchev–Trinajstić information content (AvgIpc) is 2.61. The Bertz CT molecular complexity index is 457. The van der Waals surface area contributed by atoms with E-state index >= 15 is 0 Å².